The molecule has 0 aliphatic carbocycles. The Morgan fingerprint density at radius 2 is 1.74 bits per heavy atom. The summed E-state index contributed by atoms with van der Waals surface area (Å²) < 4.78 is 26.2. The van der Waals surface area contributed by atoms with Crippen LogP contribution < -0.4 is 0 Å². The molecule has 0 aromatic heterocycles. The highest BCUT2D eigenvalue weighted by atomic mass is 16.6. The van der Waals surface area contributed by atoms with Gasteiger partial charge in [0.05, 0.1) is 6.61 Å². The molecule has 110 valence electrons. The number of methoxy groups -OCH3 is 2. The van der Waals surface area contributed by atoms with Crippen molar-refractivity contribution in [3.63, 3.8) is 0 Å². The van der Waals surface area contributed by atoms with Crippen LogP contribution in [0, 0.1) is 0 Å². The minimum atomic E-state index is -0.541. The number of carbonyl (C=O) groups is 2. The average molecular weight is 276 g/mol. The lowest BCUT2D eigenvalue weighted by Crippen LogP contribution is -2.57. The van der Waals surface area contributed by atoms with Crippen molar-refractivity contribution in [2.45, 2.75) is 38.3 Å². The van der Waals surface area contributed by atoms with Crippen LogP contribution in [-0.2, 0) is 33.3 Å². The van der Waals surface area contributed by atoms with E-state index in [9.17, 15) is 9.59 Å². The lowest BCUT2D eigenvalue weighted by molar-refractivity contribution is -0.224. The quantitative estimate of drug-likeness (QED) is 0.649. The highest BCUT2D eigenvalue weighted by molar-refractivity contribution is 5.66. The van der Waals surface area contributed by atoms with Gasteiger partial charge in [-0.25, -0.2) is 0 Å². The second-order valence-electron chi connectivity index (χ2n) is 4.22. The Bertz CT molecular complexity index is 317. The van der Waals surface area contributed by atoms with Gasteiger partial charge in [-0.1, -0.05) is 0 Å². The normalized spacial score (nSPS) is 30.7. The predicted molar refractivity (Wildman–Crippen MR) is 63.5 cm³/mol. The number of esters is 2. The zero-order valence-electron chi connectivity index (χ0n) is 11.6. The summed E-state index contributed by atoms with van der Waals surface area (Å²) in [5.41, 5.74) is 0. The van der Waals surface area contributed by atoms with E-state index < -0.39 is 36.4 Å². The van der Waals surface area contributed by atoms with Crippen molar-refractivity contribution in [2.75, 3.05) is 27.4 Å². The molecule has 0 N–H and O–H groups in total. The van der Waals surface area contributed by atoms with Crippen LogP contribution in [-0.4, -0.2) is 63.8 Å². The minimum absolute atomic E-state index is 0.0699. The molecule has 0 aromatic carbocycles. The maximum Gasteiger partial charge on any atom is 0.303 e. The average Bonchev–Trinajstić information content (AvgIpc) is 2.35. The zero-order valence-corrected chi connectivity index (χ0v) is 11.6. The van der Waals surface area contributed by atoms with Crippen molar-refractivity contribution in [3.05, 3.63) is 0 Å². The fraction of sp³-hybridized carbons (Fsp3) is 0.833. The van der Waals surface area contributed by atoms with Crippen LogP contribution in [0.2, 0.25) is 0 Å². The summed E-state index contributed by atoms with van der Waals surface area (Å²) in [4.78, 5) is 21.8. The van der Waals surface area contributed by atoms with E-state index in [1.165, 1.54) is 28.1 Å². The first-order valence-corrected chi connectivity index (χ1v) is 5.97. The molecule has 1 aliphatic heterocycles. The lowest BCUT2D eigenvalue weighted by Gasteiger charge is -2.40. The van der Waals surface area contributed by atoms with Gasteiger partial charge < -0.3 is 23.7 Å². The van der Waals surface area contributed by atoms with E-state index in [4.69, 9.17) is 23.7 Å². The predicted octanol–water partition coefficient (Wildman–Crippen LogP) is -0.0900. The van der Waals surface area contributed by atoms with Gasteiger partial charge in [-0.2, -0.15) is 0 Å². The third-order valence-electron chi connectivity index (χ3n) is 2.84. The molecule has 0 saturated carbocycles. The van der Waals surface area contributed by atoms with Crippen molar-refractivity contribution in [1.29, 1.82) is 0 Å². The van der Waals surface area contributed by atoms with Crippen LogP contribution in [0.5, 0.6) is 0 Å². The Morgan fingerprint density at radius 1 is 1.11 bits per heavy atom. The Morgan fingerprint density at radius 3 is 2.21 bits per heavy atom. The second kappa shape index (κ2) is 7.42. The molecule has 0 unspecified atom stereocenters. The maximum absolute atomic E-state index is 11.0. The molecule has 7 heteroatoms. The van der Waals surface area contributed by atoms with Gasteiger partial charge in [0.25, 0.3) is 0 Å². The Balaban J connectivity index is 2.69. The highest BCUT2D eigenvalue weighted by Gasteiger charge is 2.43. The first kappa shape index (κ1) is 15.9. The van der Waals surface area contributed by atoms with E-state index in [-0.39, 0.29) is 13.2 Å². The molecule has 0 radical (unpaired) electrons. The molecular formula is C12H20O7. The monoisotopic (exact) mass is 276 g/mol. The van der Waals surface area contributed by atoms with Gasteiger partial charge in [-0.3, -0.25) is 9.59 Å². The largest absolute Gasteiger partial charge is 0.463 e. The Kier molecular flexibility index (Phi) is 6.20. The highest BCUT2D eigenvalue weighted by Crippen LogP contribution is 2.23. The molecule has 0 aromatic rings. The van der Waals surface area contributed by atoms with Crippen LogP contribution in [0.3, 0.4) is 0 Å². The molecule has 0 spiro atoms. The molecule has 0 bridgehead atoms. The molecule has 1 rings (SSSR count). The van der Waals surface area contributed by atoms with Crippen LogP contribution >= 0.6 is 0 Å². The van der Waals surface area contributed by atoms with E-state index >= 15 is 0 Å². The van der Waals surface area contributed by atoms with E-state index in [0.29, 0.717) is 0 Å². The van der Waals surface area contributed by atoms with Gasteiger partial charge in [0.2, 0.25) is 0 Å². The molecule has 1 heterocycles. The Labute approximate surface area is 112 Å². The first-order chi connectivity index (χ1) is 8.99. The third kappa shape index (κ3) is 4.45. The number of carbonyl (C=O) groups excluding carboxylic acids is 2. The van der Waals surface area contributed by atoms with Gasteiger partial charge >= 0.3 is 11.9 Å². The number of hydrogen-bond donors (Lipinski definition) is 0. The summed E-state index contributed by atoms with van der Waals surface area (Å²) in [6, 6.07) is 0. The van der Waals surface area contributed by atoms with E-state index in [0.717, 1.165) is 0 Å². The maximum atomic E-state index is 11.0. The van der Waals surface area contributed by atoms with Crippen molar-refractivity contribution >= 4 is 11.9 Å². The molecule has 1 aliphatic rings. The molecule has 0 amide bonds. The summed E-state index contributed by atoms with van der Waals surface area (Å²) >= 11 is 0. The fourth-order valence-corrected chi connectivity index (χ4v) is 2.06. The van der Waals surface area contributed by atoms with Crippen LogP contribution in [0.1, 0.15) is 13.8 Å². The summed E-state index contributed by atoms with van der Waals surface area (Å²) in [5, 5.41) is 0. The fourth-order valence-electron chi connectivity index (χ4n) is 2.06. The topological polar surface area (TPSA) is 80.3 Å². The molecule has 19 heavy (non-hydrogen) atoms. The van der Waals surface area contributed by atoms with Crippen LogP contribution in [0.15, 0.2) is 0 Å². The van der Waals surface area contributed by atoms with Crippen LogP contribution in [0.4, 0.5) is 0 Å². The summed E-state index contributed by atoms with van der Waals surface area (Å²) in [6.07, 6.45) is -1.95. The number of rotatable bonds is 5. The third-order valence-corrected chi connectivity index (χ3v) is 2.84. The van der Waals surface area contributed by atoms with Gasteiger partial charge in [0.15, 0.2) is 6.10 Å². The summed E-state index contributed by atoms with van der Waals surface area (Å²) in [5.74, 6) is -0.807. The van der Waals surface area contributed by atoms with Gasteiger partial charge in [0, 0.05) is 28.1 Å². The van der Waals surface area contributed by atoms with Crippen molar-refractivity contribution in [3.8, 4) is 0 Å². The smallest absolute Gasteiger partial charge is 0.303 e. The molecule has 7 nitrogen and oxygen atoms in total. The number of ether oxygens (including phenoxy) is 5. The molecule has 1 fully saturated rings. The second-order valence-corrected chi connectivity index (χ2v) is 4.22. The van der Waals surface area contributed by atoms with E-state index in [1.54, 1.807) is 0 Å². The van der Waals surface area contributed by atoms with Crippen molar-refractivity contribution in [2.24, 2.45) is 0 Å². The van der Waals surface area contributed by atoms with Gasteiger partial charge in [0.1, 0.15) is 24.9 Å². The minimum Gasteiger partial charge on any atom is -0.463 e. The van der Waals surface area contributed by atoms with Gasteiger partial charge in [-0.05, 0) is 0 Å². The standard InChI is InChI=1S/C12H20O7/c1-7(13)17-5-9-11(15-3)12(16-4)10(6-18-9)19-8(2)14/h9-12H,5-6H2,1-4H3/t9-,10+,11+,12+/m0/s1. The van der Waals surface area contributed by atoms with Crippen LogP contribution in [0.25, 0.3) is 0 Å². The number of hydrogen-bond acceptors (Lipinski definition) is 7. The summed E-state index contributed by atoms with van der Waals surface area (Å²) in [7, 11) is 3.00. The van der Waals surface area contributed by atoms with E-state index in [2.05, 4.69) is 0 Å². The lowest BCUT2D eigenvalue weighted by atomic mass is 10.00. The molecular weight excluding hydrogens is 256 g/mol. The van der Waals surface area contributed by atoms with Gasteiger partial charge in [-0.15, -0.1) is 0 Å². The Hall–Kier alpha value is -1.18. The molecule has 1 saturated heterocycles. The SMILES string of the molecule is CO[C@H]1[C@H](OC)[C@H](OC(C)=O)CO[C@H]1COC(C)=O. The summed E-state index contributed by atoms with van der Waals surface area (Å²) in [6.45, 7) is 2.88. The van der Waals surface area contributed by atoms with Crippen molar-refractivity contribution in [1.82, 2.24) is 0 Å². The van der Waals surface area contributed by atoms with Crippen molar-refractivity contribution < 1.29 is 33.3 Å². The van der Waals surface area contributed by atoms with E-state index in [1.807, 2.05) is 0 Å². The first-order valence-electron chi connectivity index (χ1n) is 5.97. The molecule has 4 atom stereocenters. The zero-order chi connectivity index (χ0) is 14.4.